The van der Waals surface area contributed by atoms with Crippen LogP contribution in [0.2, 0.25) is 5.02 Å². The number of nitrogens with zero attached hydrogens (tertiary/aromatic N) is 1. The van der Waals surface area contributed by atoms with Crippen LogP contribution >= 0.6 is 23.8 Å². The van der Waals surface area contributed by atoms with E-state index in [1.807, 2.05) is 13.0 Å². The Morgan fingerprint density at radius 1 is 1.26 bits per heavy atom. The quantitative estimate of drug-likeness (QED) is 0.484. The molecule has 2 aromatic rings. The lowest BCUT2D eigenvalue weighted by Gasteiger charge is -2.15. The molecule has 0 heterocycles. The first-order valence-corrected chi connectivity index (χ1v) is 7.36. The fraction of sp³-hybridized carbons (Fsp3) is 0.133. The number of nitro groups is 1. The summed E-state index contributed by atoms with van der Waals surface area (Å²) in [5.41, 5.74) is 1.94. The van der Waals surface area contributed by atoms with Crippen molar-refractivity contribution in [1.29, 1.82) is 0 Å². The van der Waals surface area contributed by atoms with E-state index in [0.717, 1.165) is 11.3 Å². The molecule has 2 rings (SSSR count). The lowest BCUT2D eigenvalue weighted by molar-refractivity contribution is -0.384. The minimum atomic E-state index is -0.484. The number of nitro benzene ring substituents is 1. The van der Waals surface area contributed by atoms with Gasteiger partial charge < -0.3 is 15.4 Å². The normalized spacial score (nSPS) is 10.0. The molecule has 0 saturated carbocycles. The predicted molar refractivity (Wildman–Crippen MR) is 95.7 cm³/mol. The van der Waals surface area contributed by atoms with Crippen molar-refractivity contribution < 1.29 is 9.66 Å². The predicted octanol–water partition coefficient (Wildman–Crippen LogP) is 4.37. The van der Waals surface area contributed by atoms with Gasteiger partial charge in [-0.25, -0.2) is 0 Å². The van der Waals surface area contributed by atoms with Gasteiger partial charge in [-0.15, -0.1) is 0 Å². The summed E-state index contributed by atoms with van der Waals surface area (Å²) in [6, 6.07) is 9.64. The molecule has 0 fully saturated rings. The first kappa shape index (κ1) is 17.0. The molecule has 2 aromatic carbocycles. The van der Waals surface area contributed by atoms with E-state index in [2.05, 4.69) is 10.6 Å². The van der Waals surface area contributed by atoms with Crippen molar-refractivity contribution in [3.8, 4) is 5.75 Å². The van der Waals surface area contributed by atoms with Gasteiger partial charge in [-0.05, 0) is 42.9 Å². The Hall–Kier alpha value is -2.38. The van der Waals surface area contributed by atoms with Crippen LogP contribution < -0.4 is 15.4 Å². The van der Waals surface area contributed by atoms with Gasteiger partial charge in [-0.2, -0.15) is 0 Å². The fourth-order valence-electron chi connectivity index (χ4n) is 1.93. The summed E-state index contributed by atoms with van der Waals surface area (Å²) in [5, 5.41) is 17.7. The molecule has 0 aromatic heterocycles. The molecule has 2 N–H and O–H groups in total. The van der Waals surface area contributed by atoms with Crippen LogP contribution in [0.25, 0.3) is 0 Å². The minimum Gasteiger partial charge on any atom is -0.495 e. The molecule has 0 saturated heterocycles. The van der Waals surface area contributed by atoms with Crippen molar-refractivity contribution in [3.05, 3.63) is 57.1 Å². The largest absolute Gasteiger partial charge is 0.495 e. The zero-order valence-corrected chi connectivity index (χ0v) is 14.0. The Bertz CT molecular complexity index is 768. The van der Waals surface area contributed by atoms with Crippen LogP contribution in [-0.2, 0) is 0 Å². The third kappa shape index (κ3) is 4.08. The molecule has 0 aliphatic rings. The van der Waals surface area contributed by atoms with Gasteiger partial charge in [0.15, 0.2) is 5.11 Å². The van der Waals surface area contributed by atoms with E-state index in [1.54, 1.807) is 12.1 Å². The highest BCUT2D eigenvalue weighted by molar-refractivity contribution is 7.80. The van der Waals surface area contributed by atoms with Crippen molar-refractivity contribution in [2.45, 2.75) is 6.92 Å². The maximum Gasteiger partial charge on any atom is 0.271 e. The molecular formula is C15H14ClN3O3S. The van der Waals surface area contributed by atoms with Gasteiger partial charge in [-0.3, -0.25) is 10.1 Å². The van der Waals surface area contributed by atoms with Crippen molar-refractivity contribution in [3.63, 3.8) is 0 Å². The standard InChI is InChI=1S/C15H14ClN3O3S/c1-9-11(16)4-3-5-12(9)17-15(23)18-13-8-10(19(20)21)6-7-14(13)22-2/h3-8H,1-2H3,(H2,17,18,23). The average Bonchev–Trinajstić information content (AvgIpc) is 2.51. The van der Waals surface area contributed by atoms with E-state index < -0.39 is 4.92 Å². The SMILES string of the molecule is COc1ccc([N+](=O)[O-])cc1NC(=S)Nc1cccc(Cl)c1C. The third-order valence-electron chi connectivity index (χ3n) is 3.16. The molecule has 8 heteroatoms. The van der Waals surface area contributed by atoms with E-state index >= 15 is 0 Å². The van der Waals surface area contributed by atoms with Crippen LogP contribution in [0.3, 0.4) is 0 Å². The van der Waals surface area contributed by atoms with E-state index in [0.29, 0.717) is 16.5 Å². The van der Waals surface area contributed by atoms with Crippen molar-refractivity contribution >= 4 is 46.0 Å². The van der Waals surface area contributed by atoms with Crippen LogP contribution in [0.5, 0.6) is 5.75 Å². The Kier molecular flexibility index (Phi) is 5.36. The first-order chi connectivity index (χ1) is 10.9. The molecular weight excluding hydrogens is 338 g/mol. The van der Waals surface area contributed by atoms with E-state index in [1.165, 1.54) is 25.3 Å². The lowest BCUT2D eigenvalue weighted by Crippen LogP contribution is -2.20. The molecule has 0 bridgehead atoms. The van der Waals surface area contributed by atoms with Gasteiger partial charge in [0, 0.05) is 22.8 Å². The molecule has 23 heavy (non-hydrogen) atoms. The number of ether oxygens (including phenoxy) is 1. The van der Waals surface area contributed by atoms with Crippen LogP contribution in [-0.4, -0.2) is 17.1 Å². The van der Waals surface area contributed by atoms with Crippen molar-refractivity contribution in [2.75, 3.05) is 17.7 Å². The molecule has 0 radical (unpaired) electrons. The molecule has 0 amide bonds. The lowest BCUT2D eigenvalue weighted by atomic mass is 10.2. The number of halogens is 1. The molecule has 0 aliphatic heterocycles. The molecule has 0 atom stereocenters. The van der Waals surface area contributed by atoms with E-state index in [4.69, 9.17) is 28.6 Å². The van der Waals surface area contributed by atoms with Crippen LogP contribution in [0.1, 0.15) is 5.56 Å². The topological polar surface area (TPSA) is 76.4 Å². The summed E-state index contributed by atoms with van der Waals surface area (Å²) < 4.78 is 5.18. The number of hydrogen-bond acceptors (Lipinski definition) is 4. The van der Waals surface area contributed by atoms with E-state index in [-0.39, 0.29) is 10.8 Å². The second-order valence-electron chi connectivity index (χ2n) is 4.63. The zero-order chi connectivity index (χ0) is 17.0. The Balaban J connectivity index is 2.21. The van der Waals surface area contributed by atoms with Gasteiger partial charge >= 0.3 is 0 Å². The molecule has 0 spiro atoms. The summed E-state index contributed by atoms with van der Waals surface area (Å²) in [4.78, 5) is 10.4. The van der Waals surface area contributed by atoms with Crippen LogP contribution in [0, 0.1) is 17.0 Å². The van der Waals surface area contributed by atoms with E-state index in [9.17, 15) is 10.1 Å². The highest BCUT2D eigenvalue weighted by Gasteiger charge is 2.13. The van der Waals surface area contributed by atoms with Crippen LogP contribution in [0.15, 0.2) is 36.4 Å². The van der Waals surface area contributed by atoms with Gasteiger partial charge in [0.1, 0.15) is 5.75 Å². The summed E-state index contributed by atoms with van der Waals surface area (Å²) in [5.74, 6) is 0.447. The smallest absolute Gasteiger partial charge is 0.271 e. The minimum absolute atomic E-state index is 0.0602. The van der Waals surface area contributed by atoms with Gasteiger partial charge in [0.2, 0.25) is 0 Å². The third-order valence-corrected chi connectivity index (χ3v) is 3.77. The highest BCUT2D eigenvalue weighted by atomic mass is 35.5. The maximum absolute atomic E-state index is 10.9. The van der Waals surface area contributed by atoms with Gasteiger partial charge in [-0.1, -0.05) is 17.7 Å². The number of benzene rings is 2. The molecule has 6 nitrogen and oxygen atoms in total. The maximum atomic E-state index is 10.9. The Morgan fingerprint density at radius 3 is 2.61 bits per heavy atom. The second-order valence-corrected chi connectivity index (χ2v) is 5.45. The van der Waals surface area contributed by atoms with Gasteiger partial charge in [0.25, 0.3) is 5.69 Å². The number of thiocarbonyl (C=S) groups is 1. The number of non-ortho nitro benzene ring substituents is 1. The number of rotatable bonds is 4. The summed E-state index contributed by atoms with van der Waals surface area (Å²) >= 11 is 11.3. The molecule has 0 unspecified atom stereocenters. The molecule has 120 valence electrons. The molecule has 0 aliphatic carbocycles. The Morgan fingerprint density at radius 2 is 1.96 bits per heavy atom. The second kappa shape index (κ2) is 7.26. The zero-order valence-electron chi connectivity index (χ0n) is 12.4. The van der Waals surface area contributed by atoms with Crippen LogP contribution in [0.4, 0.5) is 17.1 Å². The summed E-state index contributed by atoms with van der Waals surface area (Å²) in [7, 11) is 1.48. The van der Waals surface area contributed by atoms with Crippen molar-refractivity contribution in [2.24, 2.45) is 0 Å². The number of anilines is 2. The average molecular weight is 352 g/mol. The highest BCUT2D eigenvalue weighted by Crippen LogP contribution is 2.29. The number of hydrogen-bond donors (Lipinski definition) is 2. The monoisotopic (exact) mass is 351 g/mol. The number of nitrogens with one attached hydrogen (secondary N) is 2. The first-order valence-electron chi connectivity index (χ1n) is 6.58. The van der Waals surface area contributed by atoms with Crippen molar-refractivity contribution in [1.82, 2.24) is 0 Å². The summed E-state index contributed by atoms with van der Waals surface area (Å²) in [6.07, 6.45) is 0. The number of methoxy groups -OCH3 is 1. The fourth-order valence-corrected chi connectivity index (χ4v) is 2.32. The van der Waals surface area contributed by atoms with Gasteiger partial charge in [0.05, 0.1) is 17.7 Å². The summed E-state index contributed by atoms with van der Waals surface area (Å²) in [6.45, 7) is 1.86. The Labute approximate surface area is 143 Å².